The van der Waals surface area contributed by atoms with Gasteiger partial charge in [0.2, 0.25) is 0 Å². The molecule has 0 aromatic carbocycles. The van der Waals surface area contributed by atoms with Crippen molar-refractivity contribution in [2.24, 2.45) is 5.92 Å². The molecule has 0 unspecified atom stereocenters. The monoisotopic (exact) mass is 298 g/mol. The molecule has 1 saturated carbocycles. The van der Waals surface area contributed by atoms with E-state index in [1.807, 2.05) is 25.7 Å². The molecule has 0 atom stereocenters. The number of carbonyl (C=O) groups excluding carboxylic acids is 1. The topological polar surface area (TPSA) is 61.8 Å². The average molecular weight is 298 g/mol. The van der Waals surface area contributed by atoms with Crippen molar-refractivity contribution in [2.45, 2.75) is 64.0 Å². The summed E-state index contributed by atoms with van der Waals surface area (Å²) in [5.41, 5.74) is -0.435. The van der Waals surface area contributed by atoms with E-state index in [4.69, 9.17) is 4.74 Å². The Morgan fingerprint density at radius 1 is 1.33 bits per heavy atom. The Morgan fingerprint density at radius 2 is 1.95 bits per heavy atom. The fourth-order valence-corrected chi connectivity index (χ4v) is 3.00. The maximum atomic E-state index is 12.0. The highest BCUT2D eigenvalue weighted by atomic mass is 16.6. The third-order valence-electron chi connectivity index (χ3n) is 4.65. The van der Waals surface area contributed by atoms with Crippen LogP contribution in [0, 0.1) is 5.92 Å². The Hall–Kier alpha value is -0.810. The molecule has 0 aromatic rings. The van der Waals surface area contributed by atoms with Gasteiger partial charge >= 0.3 is 6.09 Å². The number of carbonyl (C=O) groups is 1. The van der Waals surface area contributed by atoms with Gasteiger partial charge in [0, 0.05) is 18.6 Å². The lowest BCUT2D eigenvalue weighted by Gasteiger charge is -2.43. The van der Waals surface area contributed by atoms with Crippen molar-refractivity contribution in [1.82, 2.24) is 10.2 Å². The van der Waals surface area contributed by atoms with E-state index >= 15 is 0 Å². The lowest BCUT2D eigenvalue weighted by molar-refractivity contribution is 0.0172. The molecule has 21 heavy (non-hydrogen) atoms. The highest BCUT2D eigenvalue weighted by Crippen LogP contribution is 2.31. The van der Waals surface area contributed by atoms with Gasteiger partial charge in [0.1, 0.15) is 5.60 Å². The number of rotatable bonds is 4. The summed E-state index contributed by atoms with van der Waals surface area (Å²) in [4.78, 5) is 13.8. The molecule has 0 aromatic heterocycles. The lowest BCUT2D eigenvalue weighted by atomic mass is 9.77. The second-order valence-corrected chi connectivity index (χ2v) is 7.58. The first kappa shape index (κ1) is 16.6. The molecule has 0 bridgehead atoms. The number of likely N-dealkylation sites (tertiary alicyclic amines) is 1. The van der Waals surface area contributed by atoms with Gasteiger partial charge in [0.05, 0.1) is 6.61 Å². The van der Waals surface area contributed by atoms with Gasteiger partial charge in [-0.2, -0.15) is 0 Å². The summed E-state index contributed by atoms with van der Waals surface area (Å²) in [6.45, 7) is 8.42. The molecule has 5 heteroatoms. The Labute approximate surface area is 128 Å². The standard InChI is InChI=1S/C16H30N2O3/c1-15(2,3)21-14(20)18-9-5-13(6-10-18)11-17-16(12-19)7-4-8-16/h13,17,19H,4-12H2,1-3H3. The van der Waals surface area contributed by atoms with Crippen LogP contribution in [0.2, 0.25) is 0 Å². The van der Waals surface area contributed by atoms with Crippen molar-refractivity contribution >= 4 is 6.09 Å². The minimum absolute atomic E-state index is 0.0116. The minimum Gasteiger partial charge on any atom is -0.444 e. The first-order valence-corrected chi connectivity index (χ1v) is 8.17. The number of nitrogens with one attached hydrogen (secondary N) is 1. The minimum atomic E-state index is -0.423. The molecule has 1 aliphatic carbocycles. The number of nitrogens with zero attached hydrogens (tertiary/aromatic N) is 1. The molecule has 5 nitrogen and oxygen atoms in total. The summed E-state index contributed by atoms with van der Waals surface area (Å²) >= 11 is 0. The van der Waals surface area contributed by atoms with Gasteiger partial charge in [0.15, 0.2) is 0 Å². The number of hydrogen-bond donors (Lipinski definition) is 2. The number of aliphatic hydroxyl groups excluding tert-OH is 1. The molecular formula is C16H30N2O3. The van der Waals surface area contributed by atoms with Crippen LogP contribution in [0.5, 0.6) is 0 Å². The van der Waals surface area contributed by atoms with E-state index in [2.05, 4.69) is 5.32 Å². The van der Waals surface area contributed by atoms with Crippen LogP contribution in [0.25, 0.3) is 0 Å². The lowest BCUT2D eigenvalue weighted by Crippen LogP contribution is -2.55. The Morgan fingerprint density at radius 3 is 2.38 bits per heavy atom. The number of amides is 1. The summed E-state index contributed by atoms with van der Waals surface area (Å²) in [5, 5.41) is 13.0. The molecule has 1 aliphatic heterocycles. The molecule has 122 valence electrons. The van der Waals surface area contributed by atoms with Gasteiger partial charge in [-0.1, -0.05) is 0 Å². The van der Waals surface area contributed by atoms with E-state index in [-0.39, 0.29) is 18.2 Å². The Bertz CT molecular complexity index is 348. The van der Waals surface area contributed by atoms with E-state index in [9.17, 15) is 9.90 Å². The summed E-state index contributed by atoms with van der Waals surface area (Å²) < 4.78 is 5.41. The molecule has 0 radical (unpaired) electrons. The fourth-order valence-electron chi connectivity index (χ4n) is 3.00. The number of hydrogen-bond acceptors (Lipinski definition) is 4. The van der Waals surface area contributed by atoms with Crippen molar-refractivity contribution in [3.05, 3.63) is 0 Å². The first-order chi connectivity index (χ1) is 9.84. The summed E-state index contributed by atoms with van der Waals surface area (Å²) in [5.74, 6) is 0.590. The molecule has 1 amide bonds. The molecule has 0 spiro atoms. The van der Waals surface area contributed by atoms with E-state index in [1.54, 1.807) is 0 Å². The third-order valence-corrected chi connectivity index (χ3v) is 4.65. The number of aliphatic hydroxyl groups is 1. The zero-order valence-electron chi connectivity index (χ0n) is 13.7. The van der Waals surface area contributed by atoms with Crippen LogP contribution in [0.3, 0.4) is 0 Å². The van der Waals surface area contributed by atoms with Crippen molar-refractivity contribution < 1.29 is 14.6 Å². The van der Waals surface area contributed by atoms with Gasteiger partial charge in [0.25, 0.3) is 0 Å². The van der Waals surface area contributed by atoms with Crippen molar-refractivity contribution in [3.8, 4) is 0 Å². The maximum absolute atomic E-state index is 12.0. The molecule has 2 N–H and O–H groups in total. The summed E-state index contributed by atoms with van der Waals surface area (Å²) in [6.07, 6.45) is 5.20. The second-order valence-electron chi connectivity index (χ2n) is 7.58. The van der Waals surface area contributed by atoms with Crippen molar-refractivity contribution in [1.29, 1.82) is 0 Å². The normalized spacial score (nSPS) is 22.8. The highest BCUT2D eigenvalue weighted by molar-refractivity contribution is 5.68. The van der Waals surface area contributed by atoms with Gasteiger partial charge in [-0.25, -0.2) is 4.79 Å². The van der Waals surface area contributed by atoms with Crippen LogP contribution < -0.4 is 5.32 Å². The predicted molar refractivity (Wildman–Crippen MR) is 82.2 cm³/mol. The second kappa shape index (κ2) is 6.53. The zero-order valence-corrected chi connectivity index (χ0v) is 13.7. The van der Waals surface area contributed by atoms with E-state index in [0.717, 1.165) is 45.3 Å². The largest absolute Gasteiger partial charge is 0.444 e. The molecule has 1 saturated heterocycles. The highest BCUT2D eigenvalue weighted by Gasteiger charge is 2.36. The Balaban J connectivity index is 1.69. The summed E-state index contributed by atoms with van der Waals surface area (Å²) in [7, 11) is 0. The average Bonchev–Trinajstić information content (AvgIpc) is 2.36. The third kappa shape index (κ3) is 4.58. The van der Waals surface area contributed by atoms with E-state index in [0.29, 0.717) is 5.92 Å². The van der Waals surface area contributed by atoms with Gasteiger partial charge in [-0.05, 0) is 65.3 Å². The smallest absolute Gasteiger partial charge is 0.410 e. The number of piperidine rings is 1. The molecular weight excluding hydrogens is 268 g/mol. The van der Waals surface area contributed by atoms with Crippen LogP contribution in [-0.2, 0) is 4.74 Å². The van der Waals surface area contributed by atoms with E-state index in [1.165, 1.54) is 6.42 Å². The first-order valence-electron chi connectivity index (χ1n) is 8.17. The zero-order chi connectivity index (χ0) is 15.5. The maximum Gasteiger partial charge on any atom is 0.410 e. The van der Waals surface area contributed by atoms with Crippen LogP contribution in [0.1, 0.15) is 52.9 Å². The van der Waals surface area contributed by atoms with Crippen LogP contribution in [0.15, 0.2) is 0 Å². The van der Waals surface area contributed by atoms with Gasteiger partial charge in [-0.3, -0.25) is 0 Å². The summed E-state index contributed by atoms with van der Waals surface area (Å²) in [6, 6.07) is 0. The van der Waals surface area contributed by atoms with Crippen LogP contribution in [0.4, 0.5) is 4.79 Å². The van der Waals surface area contributed by atoms with Crippen LogP contribution >= 0.6 is 0 Å². The molecule has 2 fully saturated rings. The quantitative estimate of drug-likeness (QED) is 0.835. The predicted octanol–water partition coefficient (Wildman–Crippen LogP) is 2.14. The fraction of sp³-hybridized carbons (Fsp3) is 0.938. The van der Waals surface area contributed by atoms with Gasteiger partial charge < -0.3 is 20.1 Å². The Kier molecular flexibility index (Phi) is 5.15. The van der Waals surface area contributed by atoms with Crippen molar-refractivity contribution in [3.63, 3.8) is 0 Å². The van der Waals surface area contributed by atoms with Crippen molar-refractivity contribution in [2.75, 3.05) is 26.2 Å². The van der Waals surface area contributed by atoms with Gasteiger partial charge in [-0.15, -0.1) is 0 Å². The SMILES string of the molecule is CC(C)(C)OC(=O)N1CCC(CNC2(CO)CCC2)CC1. The van der Waals surface area contributed by atoms with E-state index < -0.39 is 5.60 Å². The number of ether oxygens (including phenoxy) is 1. The molecule has 2 aliphatic rings. The molecule has 1 heterocycles. The van der Waals surface area contributed by atoms with Crippen LogP contribution in [-0.4, -0.2) is 53.5 Å². The molecule has 2 rings (SSSR count).